The molecule has 0 spiro atoms. The van der Waals surface area contributed by atoms with Crippen molar-refractivity contribution < 1.29 is 18.6 Å². The molecular formula is C11H11BrF2O2. The van der Waals surface area contributed by atoms with Gasteiger partial charge in [-0.2, -0.15) is 0 Å². The summed E-state index contributed by atoms with van der Waals surface area (Å²) in [7, 11) is 0. The van der Waals surface area contributed by atoms with Crippen molar-refractivity contribution in [3.63, 3.8) is 0 Å². The van der Waals surface area contributed by atoms with E-state index >= 15 is 0 Å². The lowest BCUT2D eigenvalue weighted by molar-refractivity contribution is 0.0572. The van der Waals surface area contributed by atoms with Gasteiger partial charge in [0.2, 0.25) is 0 Å². The van der Waals surface area contributed by atoms with Crippen LogP contribution in [0, 0.1) is 11.6 Å². The summed E-state index contributed by atoms with van der Waals surface area (Å²) in [4.78, 5) is 0. The fourth-order valence-corrected chi connectivity index (χ4v) is 2.34. The van der Waals surface area contributed by atoms with E-state index in [9.17, 15) is 13.9 Å². The van der Waals surface area contributed by atoms with Gasteiger partial charge in [-0.3, -0.25) is 0 Å². The second-order valence-electron chi connectivity index (χ2n) is 3.85. The number of hydrogen-bond acceptors (Lipinski definition) is 2. The molecule has 1 fully saturated rings. The topological polar surface area (TPSA) is 29.5 Å². The third kappa shape index (κ3) is 2.35. The van der Waals surface area contributed by atoms with Crippen molar-refractivity contribution in [2.24, 2.45) is 0 Å². The molecule has 2 rings (SSSR count). The number of hydrogen-bond donors (Lipinski definition) is 1. The van der Waals surface area contributed by atoms with Crippen LogP contribution in [0.25, 0.3) is 0 Å². The molecule has 1 saturated carbocycles. The molecule has 0 aromatic heterocycles. The van der Waals surface area contributed by atoms with Gasteiger partial charge in [0.25, 0.3) is 0 Å². The summed E-state index contributed by atoms with van der Waals surface area (Å²) in [6, 6.07) is 1.90. The van der Waals surface area contributed by atoms with Crippen molar-refractivity contribution in [3.05, 3.63) is 28.2 Å². The quantitative estimate of drug-likeness (QED) is 0.908. The van der Waals surface area contributed by atoms with Crippen molar-refractivity contribution in [3.8, 4) is 5.75 Å². The minimum absolute atomic E-state index is 0.0349. The van der Waals surface area contributed by atoms with E-state index in [1.165, 1.54) is 0 Å². The summed E-state index contributed by atoms with van der Waals surface area (Å²) >= 11 is 3.04. The molecule has 2 atom stereocenters. The standard InChI is InChI=1S/C11H11BrF2O2/c12-7-4-6(13)5-8(14)11(7)16-10-3-1-2-9(10)15/h4-5,9-10,15H,1-3H2/t9-,10-/m0/s1. The van der Waals surface area contributed by atoms with E-state index in [4.69, 9.17) is 4.74 Å². The second kappa shape index (κ2) is 4.67. The minimum Gasteiger partial charge on any atom is -0.483 e. The molecule has 1 aromatic carbocycles. The summed E-state index contributed by atoms with van der Waals surface area (Å²) in [5.74, 6) is -1.46. The Kier molecular flexibility index (Phi) is 3.44. The molecular weight excluding hydrogens is 282 g/mol. The van der Waals surface area contributed by atoms with Gasteiger partial charge < -0.3 is 9.84 Å². The van der Waals surface area contributed by atoms with Crippen LogP contribution in [0.1, 0.15) is 19.3 Å². The van der Waals surface area contributed by atoms with Crippen LogP contribution in [-0.2, 0) is 0 Å². The van der Waals surface area contributed by atoms with Crippen molar-refractivity contribution in [1.82, 2.24) is 0 Å². The Morgan fingerprint density at radius 2 is 2.06 bits per heavy atom. The van der Waals surface area contributed by atoms with Crippen LogP contribution in [0.15, 0.2) is 16.6 Å². The fourth-order valence-electron chi connectivity index (χ4n) is 1.84. The first-order valence-corrected chi connectivity index (χ1v) is 5.86. The van der Waals surface area contributed by atoms with Crippen molar-refractivity contribution in [2.45, 2.75) is 31.5 Å². The van der Waals surface area contributed by atoms with Crippen LogP contribution in [0.3, 0.4) is 0 Å². The second-order valence-corrected chi connectivity index (χ2v) is 4.71. The van der Waals surface area contributed by atoms with E-state index in [-0.39, 0.29) is 10.2 Å². The van der Waals surface area contributed by atoms with Gasteiger partial charge in [0.15, 0.2) is 11.6 Å². The Bertz CT molecular complexity index is 375. The maximum atomic E-state index is 13.4. The number of aliphatic hydroxyl groups is 1. The zero-order valence-corrected chi connectivity index (χ0v) is 10.0. The van der Waals surface area contributed by atoms with Gasteiger partial charge in [-0.1, -0.05) is 0 Å². The number of ether oxygens (including phenoxy) is 1. The lowest BCUT2D eigenvalue weighted by atomic mass is 10.2. The average Bonchev–Trinajstić information content (AvgIpc) is 2.57. The Balaban J connectivity index is 2.21. The highest BCUT2D eigenvalue weighted by Crippen LogP contribution is 2.33. The van der Waals surface area contributed by atoms with E-state index in [1.54, 1.807) is 0 Å². The van der Waals surface area contributed by atoms with Gasteiger partial charge in [0.05, 0.1) is 10.6 Å². The predicted octanol–water partition coefficient (Wildman–Crippen LogP) is 3.02. The first-order valence-electron chi connectivity index (χ1n) is 5.07. The first kappa shape index (κ1) is 11.8. The molecule has 0 radical (unpaired) electrons. The highest BCUT2D eigenvalue weighted by molar-refractivity contribution is 9.10. The van der Waals surface area contributed by atoms with Crippen LogP contribution in [-0.4, -0.2) is 17.3 Å². The third-order valence-electron chi connectivity index (χ3n) is 2.65. The van der Waals surface area contributed by atoms with Gasteiger partial charge in [0, 0.05) is 6.07 Å². The maximum absolute atomic E-state index is 13.4. The van der Waals surface area contributed by atoms with E-state index in [2.05, 4.69) is 15.9 Å². The molecule has 0 bridgehead atoms. The van der Waals surface area contributed by atoms with E-state index in [0.29, 0.717) is 12.8 Å². The Morgan fingerprint density at radius 3 is 2.62 bits per heavy atom. The van der Waals surface area contributed by atoms with Crippen LogP contribution >= 0.6 is 15.9 Å². The molecule has 0 saturated heterocycles. The van der Waals surface area contributed by atoms with Gasteiger partial charge >= 0.3 is 0 Å². The number of aliphatic hydroxyl groups excluding tert-OH is 1. The van der Waals surface area contributed by atoms with Crippen molar-refractivity contribution in [1.29, 1.82) is 0 Å². The highest BCUT2D eigenvalue weighted by atomic mass is 79.9. The van der Waals surface area contributed by atoms with Crippen LogP contribution in [0.4, 0.5) is 8.78 Å². The molecule has 1 aromatic rings. The predicted molar refractivity (Wildman–Crippen MR) is 58.3 cm³/mol. The summed E-state index contributed by atoms with van der Waals surface area (Å²) in [6.45, 7) is 0. The number of halogens is 3. The SMILES string of the molecule is O[C@H]1CCC[C@@H]1Oc1c(F)cc(F)cc1Br. The number of benzene rings is 1. The molecule has 1 N–H and O–H groups in total. The lowest BCUT2D eigenvalue weighted by Crippen LogP contribution is -2.26. The average molecular weight is 293 g/mol. The number of rotatable bonds is 2. The van der Waals surface area contributed by atoms with Gasteiger partial charge in [-0.15, -0.1) is 0 Å². The largest absolute Gasteiger partial charge is 0.483 e. The van der Waals surface area contributed by atoms with Gasteiger partial charge in [0.1, 0.15) is 11.9 Å². The fraction of sp³-hybridized carbons (Fsp3) is 0.455. The van der Waals surface area contributed by atoms with E-state index in [1.807, 2.05) is 0 Å². The maximum Gasteiger partial charge on any atom is 0.169 e. The van der Waals surface area contributed by atoms with E-state index < -0.39 is 23.8 Å². The zero-order chi connectivity index (χ0) is 11.7. The van der Waals surface area contributed by atoms with Crippen molar-refractivity contribution in [2.75, 3.05) is 0 Å². The van der Waals surface area contributed by atoms with E-state index in [0.717, 1.165) is 18.6 Å². The van der Waals surface area contributed by atoms with Crippen LogP contribution in [0.5, 0.6) is 5.75 Å². The Labute approximate surface area is 100 Å². The summed E-state index contributed by atoms with van der Waals surface area (Å²) in [5.41, 5.74) is 0. The molecule has 16 heavy (non-hydrogen) atoms. The van der Waals surface area contributed by atoms with Crippen molar-refractivity contribution >= 4 is 15.9 Å². The van der Waals surface area contributed by atoms with Crippen LogP contribution < -0.4 is 4.74 Å². The summed E-state index contributed by atoms with van der Waals surface area (Å²) < 4.78 is 31.8. The van der Waals surface area contributed by atoms with Gasteiger partial charge in [-0.05, 0) is 41.3 Å². The third-order valence-corrected chi connectivity index (χ3v) is 3.24. The normalized spacial score (nSPS) is 24.8. The zero-order valence-electron chi connectivity index (χ0n) is 8.42. The lowest BCUT2D eigenvalue weighted by Gasteiger charge is -2.18. The monoisotopic (exact) mass is 292 g/mol. The molecule has 0 heterocycles. The minimum atomic E-state index is -0.758. The van der Waals surface area contributed by atoms with Crippen LogP contribution in [0.2, 0.25) is 0 Å². The molecule has 88 valence electrons. The first-order chi connectivity index (χ1) is 7.58. The molecule has 1 aliphatic carbocycles. The Hall–Kier alpha value is -0.680. The Morgan fingerprint density at radius 1 is 1.31 bits per heavy atom. The molecule has 1 aliphatic rings. The summed E-state index contributed by atoms with van der Waals surface area (Å²) in [5, 5.41) is 9.55. The highest BCUT2D eigenvalue weighted by Gasteiger charge is 2.28. The summed E-state index contributed by atoms with van der Waals surface area (Å²) in [6.07, 6.45) is 1.22. The molecule has 0 unspecified atom stereocenters. The molecule has 0 aliphatic heterocycles. The molecule has 0 amide bonds. The molecule has 2 nitrogen and oxygen atoms in total. The smallest absolute Gasteiger partial charge is 0.169 e. The molecule has 5 heteroatoms. The van der Waals surface area contributed by atoms with Gasteiger partial charge in [-0.25, -0.2) is 8.78 Å².